The smallest absolute Gasteiger partial charge is 0.232 e. The minimum atomic E-state index is 0.278. The molecule has 0 bridgehead atoms. The average Bonchev–Trinajstić information content (AvgIpc) is 2.96. The van der Waals surface area contributed by atoms with Gasteiger partial charge in [0.2, 0.25) is 17.5 Å². The molecule has 1 aromatic carbocycles. The second-order valence-corrected chi connectivity index (χ2v) is 5.57. The van der Waals surface area contributed by atoms with E-state index in [0.717, 1.165) is 30.8 Å². The van der Waals surface area contributed by atoms with E-state index in [1.54, 1.807) is 0 Å². The van der Waals surface area contributed by atoms with Gasteiger partial charge in [-0.2, -0.15) is 10.2 Å². The second kappa shape index (κ2) is 8.20. The number of rotatable bonds is 8. The fourth-order valence-electron chi connectivity index (χ4n) is 1.98. The molecule has 2 aromatic rings. The maximum atomic E-state index is 9.19. The van der Waals surface area contributed by atoms with E-state index in [9.17, 15) is 5.26 Å². The number of oxazole rings is 1. The van der Waals surface area contributed by atoms with E-state index in [4.69, 9.17) is 9.15 Å². The zero-order valence-electron chi connectivity index (χ0n) is 13.8. The van der Waals surface area contributed by atoms with Crippen molar-refractivity contribution >= 4 is 5.88 Å². The van der Waals surface area contributed by atoms with Gasteiger partial charge >= 0.3 is 0 Å². The van der Waals surface area contributed by atoms with E-state index in [2.05, 4.69) is 37.4 Å². The Hall–Kier alpha value is -2.52. The summed E-state index contributed by atoms with van der Waals surface area (Å²) in [5.74, 6) is 1.67. The molecule has 0 aliphatic rings. The molecule has 1 heterocycles. The van der Waals surface area contributed by atoms with E-state index in [0.29, 0.717) is 18.4 Å². The number of nitriles is 1. The number of hydrogen-bond acceptors (Lipinski definition) is 5. The summed E-state index contributed by atoms with van der Waals surface area (Å²) < 4.78 is 11.3. The first-order valence-corrected chi connectivity index (χ1v) is 7.81. The van der Waals surface area contributed by atoms with Crippen LogP contribution < -0.4 is 15.0 Å². The molecule has 0 atom stereocenters. The zero-order valence-corrected chi connectivity index (χ0v) is 13.8. The van der Waals surface area contributed by atoms with Crippen molar-refractivity contribution < 1.29 is 14.1 Å². The molecule has 6 heteroatoms. The van der Waals surface area contributed by atoms with Crippen LogP contribution in [0, 0.1) is 11.3 Å². The van der Waals surface area contributed by atoms with E-state index in [1.807, 2.05) is 24.3 Å². The molecule has 0 saturated carbocycles. The van der Waals surface area contributed by atoms with Gasteiger partial charge in [-0.3, -0.25) is 0 Å². The monoisotopic (exact) mass is 315 g/mol. The predicted molar refractivity (Wildman–Crippen MR) is 88.6 cm³/mol. The Kier molecular flexibility index (Phi) is 6.01. The summed E-state index contributed by atoms with van der Waals surface area (Å²) in [7, 11) is 4.14. The third-order valence-corrected chi connectivity index (χ3v) is 3.22. The molecule has 2 rings (SSSR count). The topological polar surface area (TPSA) is 75.5 Å². The number of hydrogen-bond donors (Lipinski definition) is 2. The van der Waals surface area contributed by atoms with Gasteiger partial charge < -0.3 is 19.4 Å². The number of anilines is 1. The minimum absolute atomic E-state index is 0.278. The molecule has 23 heavy (non-hydrogen) atoms. The first kappa shape index (κ1) is 16.8. The molecule has 6 nitrogen and oxygen atoms in total. The number of aromatic nitrogens is 1. The van der Waals surface area contributed by atoms with Crippen LogP contribution >= 0.6 is 0 Å². The van der Waals surface area contributed by atoms with Crippen LogP contribution in [-0.4, -0.2) is 38.8 Å². The van der Waals surface area contributed by atoms with Crippen LogP contribution in [0.5, 0.6) is 5.75 Å². The lowest BCUT2D eigenvalue weighted by Crippen LogP contribution is -3.06. The van der Waals surface area contributed by atoms with Gasteiger partial charge in [-0.1, -0.05) is 6.92 Å². The van der Waals surface area contributed by atoms with Crippen LogP contribution in [0.1, 0.15) is 19.0 Å². The molecule has 0 fully saturated rings. The number of ether oxygens (including phenoxy) is 1. The Bertz CT molecular complexity index is 656. The van der Waals surface area contributed by atoms with Crippen molar-refractivity contribution in [2.75, 3.05) is 39.1 Å². The molecule has 0 radical (unpaired) electrons. The van der Waals surface area contributed by atoms with Crippen molar-refractivity contribution in [3.05, 3.63) is 30.0 Å². The summed E-state index contributed by atoms with van der Waals surface area (Å²) in [6.07, 6.45) is 0.969. The highest BCUT2D eigenvalue weighted by atomic mass is 16.5. The molecule has 0 spiro atoms. The lowest BCUT2D eigenvalue weighted by Gasteiger charge is -2.07. The highest BCUT2D eigenvalue weighted by Crippen LogP contribution is 2.26. The standard InChI is InChI=1S/C17H22N4O2/c1-4-11-22-14-7-5-13(6-8-14)16-20-15(12-18)17(23-16)19-9-10-21(2)3/h5-8,19H,4,9-11H2,1-3H3/p+1. The second-order valence-electron chi connectivity index (χ2n) is 5.57. The summed E-state index contributed by atoms with van der Waals surface area (Å²) in [6.45, 7) is 4.40. The zero-order chi connectivity index (χ0) is 16.7. The van der Waals surface area contributed by atoms with Crippen molar-refractivity contribution in [2.45, 2.75) is 13.3 Å². The van der Waals surface area contributed by atoms with Crippen LogP contribution in [0.4, 0.5) is 5.88 Å². The number of nitrogens with one attached hydrogen (secondary N) is 2. The minimum Gasteiger partial charge on any atom is -0.494 e. The molecule has 0 unspecified atom stereocenters. The van der Waals surface area contributed by atoms with E-state index < -0.39 is 0 Å². The van der Waals surface area contributed by atoms with Gasteiger partial charge in [0.05, 0.1) is 33.8 Å². The van der Waals surface area contributed by atoms with Crippen LogP contribution in [0.25, 0.3) is 11.5 Å². The Morgan fingerprint density at radius 1 is 1.30 bits per heavy atom. The fourth-order valence-corrected chi connectivity index (χ4v) is 1.98. The molecule has 0 aliphatic heterocycles. The molecule has 122 valence electrons. The third-order valence-electron chi connectivity index (χ3n) is 3.22. The SMILES string of the molecule is CCCOc1ccc(-c2nc(C#N)c(NCC[NH+](C)C)o2)cc1. The van der Waals surface area contributed by atoms with Gasteiger partial charge in [-0.05, 0) is 30.7 Å². The molecule has 1 aromatic heterocycles. The highest BCUT2D eigenvalue weighted by Gasteiger charge is 2.14. The molecule has 0 saturated heterocycles. The van der Waals surface area contributed by atoms with Gasteiger partial charge in [-0.15, -0.1) is 0 Å². The Balaban J connectivity index is 2.10. The average molecular weight is 315 g/mol. The summed E-state index contributed by atoms with van der Waals surface area (Å²) in [5.41, 5.74) is 1.09. The normalized spacial score (nSPS) is 10.6. The maximum Gasteiger partial charge on any atom is 0.232 e. The van der Waals surface area contributed by atoms with Gasteiger partial charge in [0.15, 0.2) is 0 Å². The van der Waals surface area contributed by atoms with Gasteiger partial charge in [0, 0.05) is 5.56 Å². The highest BCUT2D eigenvalue weighted by molar-refractivity contribution is 5.59. The lowest BCUT2D eigenvalue weighted by atomic mass is 10.2. The largest absolute Gasteiger partial charge is 0.494 e. The lowest BCUT2D eigenvalue weighted by molar-refractivity contribution is -0.856. The molecular formula is C17H23N4O2+. The van der Waals surface area contributed by atoms with Crippen LogP contribution in [-0.2, 0) is 0 Å². The quantitative estimate of drug-likeness (QED) is 0.773. The Labute approximate surface area is 136 Å². The third kappa shape index (κ3) is 4.73. The van der Waals surface area contributed by atoms with E-state index in [1.165, 1.54) is 4.90 Å². The van der Waals surface area contributed by atoms with Crippen LogP contribution in [0.15, 0.2) is 28.7 Å². The number of likely N-dealkylation sites (N-methyl/N-ethyl adjacent to an activating group) is 1. The van der Waals surface area contributed by atoms with Crippen molar-refractivity contribution in [3.8, 4) is 23.3 Å². The summed E-state index contributed by atoms with van der Waals surface area (Å²) in [6, 6.07) is 9.58. The van der Waals surface area contributed by atoms with Gasteiger partial charge in [0.1, 0.15) is 11.8 Å². The number of nitrogens with zero attached hydrogens (tertiary/aromatic N) is 2. The van der Waals surface area contributed by atoms with Crippen molar-refractivity contribution in [1.29, 1.82) is 5.26 Å². The first-order valence-electron chi connectivity index (χ1n) is 7.81. The van der Waals surface area contributed by atoms with Gasteiger partial charge in [0.25, 0.3) is 0 Å². The molecule has 0 aliphatic carbocycles. The Morgan fingerprint density at radius 3 is 2.65 bits per heavy atom. The van der Waals surface area contributed by atoms with Crippen molar-refractivity contribution in [1.82, 2.24) is 4.98 Å². The first-order chi connectivity index (χ1) is 11.1. The van der Waals surface area contributed by atoms with Crippen molar-refractivity contribution in [3.63, 3.8) is 0 Å². The fraction of sp³-hybridized carbons (Fsp3) is 0.412. The summed E-state index contributed by atoms with van der Waals surface area (Å²) in [5, 5.41) is 12.3. The van der Waals surface area contributed by atoms with Gasteiger partial charge in [-0.25, -0.2) is 0 Å². The number of benzene rings is 1. The van der Waals surface area contributed by atoms with E-state index in [-0.39, 0.29) is 5.69 Å². The summed E-state index contributed by atoms with van der Waals surface area (Å²) in [4.78, 5) is 5.57. The van der Waals surface area contributed by atoms with E-state index >= 15 is 0 Å². The van der Waals surface area contributed by atoms with Crippen LogP contribution in [0.3, 0.4) is 0 Å². The predicted octanol–water partition coefficient (Wildman–Crippen LogP) is 1.56. The molecule has 0 amide bonds. The maximum absolute atomic E-state index is 9.19. The van der Waals surface area contributed by atoms with Crippen LogP contribution in [0.2, 0.25) is 0 Å². The summed E-state index contributed by atoms with van der Waals surface area (Å²) >= 11 is 0. The molecular weight excluding hydrogens is 292 g/mol. The number of quaternary nitrogens is 1. The van der Waals surface area contributed by atoms with Crippen molar-refractivity contribution in [2.24, 2.45) is 0 Å². The molecule has 2 N–H and O–H groups in total. The Morgan fingerprint density at radius 2 is 2.04 bits per heavy atom.